The number of hydrogen-bond donors (Lipinski definition) is 1. The summed E-state index contributed by atoms with van der Waals surface area (Å²) in [7, 11) is 0. The average Bonchev–Trinajstić information content (AvgIpc) is 3.20. The molecule has 3 heterocycles. The number of benzene rings is 1. The van der Waals surface area contributed by atoms with E-state index >= 15 is 0 Å². The summed E-state index contributed by atoms with van der Waals surface area (Å²) in [5.41, 5.74) is 0.301. The summed E-state index contributed by atoms with van der Waals surface area (Å²) in [4.78, 5) is 19.5. The summed E-state index contributed by atoms with van der Waals surface area (Å²) in [5, 5.41) is 11.7. The van der Waals surface area contributed by atoms with Gasteiger partial charge in [-0.25, -0.2) is 9.37 Å². The van der Waals surface area contributed by atoms with E-state index in [2.05, 4.69) is 4.98 Å². The van der Waals surface area contributed by atoms with Crippen molar-refractivity contribution < 1.29 is 14.3 Å². The van der Waals surface area contributed by atoms with Gasteiger partial charge in [0.25, 0.3) is 5.91 Å². The van der Waals surface area contributed by atoms with Crippen LogP contribution in [-0.2, 0) is 5.60 Å². The van der Waals surface area contributed by atoms with E-state index < -0.39 is 11.4 Å². The van der Waals surface area contributed by atoms with Crippen molar-refractivity contribution in [2.75, 3.05) is 6.54 Å². The molecule has 1 unspecified atom stereocenters. The minimum atomic E-state index is -0.927. The number of fused-ring (bicyclic) bond motifs is 2. The zero-order valence-electron chi connectivity index (χ0n) is 16.2. The molecule has 1 amide bonds. The highest BCUT2D eigenvalue weighted by Gasteiger charge is 2.50. The number of pyridine rings is 1. The van der Waals surface area contributed by atoms with Crippen molar-refractivity contribution in [1.29, 1.82) is 0 Å². The Morgan fingerprint density at radius 3 is 2.76 bits per heavy atom. The quantitative estimate of drug-likeness (QED) is 0.721. The third-order valence-corrected chi connectivity index (χ3v) is 6.72. The van der Waals surface area contributed by atoms with E-state index in [1.807, 2.05) is 35.2 Å². The number of halogens is 1. The third kappa shape index (κ3) is 2.85. The Morgan fingerprint density at radius 1 is 1.14 bits per heavy atom. The van der Waals surface area contributed by atoms with Crippen molar-refractivity contribution in [3.05, 3.63) is 72.1 Å². The molecule has 1 saturated heterocycles. The molecule has 1 aromatic carbocycles. The van der Waals surface area contributed by atoms with Crippen LogP contribution in [0.5, 0.6) is 0 Å². The van der Waals surface area contributed by atoms with E-state index in [1.165, 1.54) is 16.7 Å². The molecule has 1 saturated carbocycles. The fourth-order valence-electron chi connectivity index (χ4n) is 5.29. The van der Waals surface area contributed by atoms with Crippen LogP contribution in [0.15, 0.2) is 54.9 Å². The number of carbonyl (C=O) groups excluding carboxylic acids is 1. The Kier molecular flexibility index (Phi) is 4.39. The van der Waals surface area contributed by atoms with Gasteiger partial charge in [-0.2, -0.15) is 0 Å². The van der Waals surface area contributed by atoms with Crippen LogP contribution in [0, 0.1) is 11.7 Å². The zero-order chi connectivity index (χ0) is 20.0. The van der Waals surface area contributed by atoms with Crippen molar-refractivity contribution in [3.63, 3.8) is 0 Å². The second-order valence-corrected chi connectivity index (χ2v) is 8.19. The fourth-order valence-corrected chi connectivity index (χ4v) is 5.29. The molecule has 3 atom stereocenters. The first-order valence-corrected chi connectivity index (χ1v) is 10.3. The van der Waals surface area contributed by atoms with Crippen molar-refractivity contribution in [2.24, 2.45) is 5.92 Å². The van der Waals surface area contributed by atoms with E-state index in [-0.39, 0.29) is 23.7 Å². The van der Waals surface area contributed by atoms with Crippen LogP contribution in [0.3, 0.4) is 0 Å². The molecule has 6 heteroatoms. The smallest absolute Gasteiger partial charge is 0.290 e. The van der Waals surface area contributed by atoms with Gasteiger partial charge in [0.2, 0.25) is 5.82 Å². The van der Waals surface area contributed by atoms with E-state index in [1.54, 1.807) is 12.3 Å². The largest absolute Gasteiger partial charge is 0.385 e. The number of imidazole rings is 1. The fraction of sp³-hybridized carbons (Fsp3) is 0.391. The maximum absolute atomic E-state index is 14.0. The minimum Gasteiger partial charge on any atom is -0.385 e. The number of carbonyl (C=O) groups is 1. The Labute approximate surface area is 168 Å². The molecule has 2 aliphatic rings. The molecule has 0 spiro atoms. The summed E-state index contributed by atoms with van der Waals surface area (Å²) in [5.74, 6) is -0.373. The first kappa shape index (κ1) is 18.3. The summed E-state index contributed by atoms with van der Waals surface area (Å²) in [6.07, 6.45) is 7.40. The van der Waals surface area contributed by atoms with Crippen molar-refractivity contribution in [3.8, 4) is 0 Å². The molecule has 0 bridgehead atoms. The topological polar surface area (TPSA) is 57.8 Å². The molecular weight excluding hydrogens is 369 g/mol. The van der Waals surface area contributed by atoms with Gasteiger partial charge < -0.3 is 10.0 Å². The van der Waals surface area contributed by atoms with Crippen LogP contribution >= 0.6 is 0 Å². The van der Waals surface area contributed by atoms with E-state index in [0.29, 0.717) is 18.5 Å². The van der Waals surface area contributed by atoms with Crippen molar-refractivity contribution >= 4 is 11.4 Å². The molecule has 1 aliphatic heterocycles. The van der Waals surface area contributed by atoms with Gasteiger partial charge >= 0.3 is 0 Å². The predicted molar refractivity (Wildman–Crippen MR) is 107 cm³/mol. The van der Waals surface area contributed by atoms with Crippen LogP contribution in [0.25, 0.3) is 5.52 Å². The first-order chi connectivity index (χ1) is 14.1. The standard InChI is InChI=1S/C23H24FN3O2/c24-18-10-6-13-26-20(18)15-25-21(26)22(28)27-14-12-23(29,16-7-2-1-3-8-16)17-9-4-5-11-19(17)27/h1-3,6-8,10,13,15,17,19,29H,4-5,9,11-12,14H2/t17-,19?,23-/m1/s1. The highest BCUT2D eigenvalue weighted by molar-refractivity contribution is 5.92. The molecule has 1 aliphatic carbocycles. The van der Waals surface area contributed by atoms with Gasteiger partial charge in [0.15, 0.2) is 0 Å². The molecule has 3 aromatic rings. The number of amides is 1. The summed E-state index contributed by atoms with van der Waals surface area (Å²) < 4.78 is 15.6. The number of likely N-dealkylation sites (tertiary alicyclic amines) is 1. The van der Waals surface area contributed by atoms with E-state index in [9.17, 15) is 14.3 Å². The van der Waals surface area contributed by atoms with Crippen molar-refractivity contribution in [2.45, 2.75) is 43.7 Å². The van der Waals surface area contributed by atoms with Gasteiger partial charge in [0.05, 0.1) is 11.8 Å². The molecular formula is C23H24FN3O2. The van der Waals surface area contributed by atoms with Gasteiger partial charge in [0, 0.05) is 24.7 Å². The lowest BCUT2D eigenvalue weighted by Gasteiger charge is -2.52. The number of hydrogen-bond acceptors (Lipinski definition) is 3. The lowest BCUT2D eigenvalue weighted by molar-refractivity contribution is -0.110. The van der Waals surface area contributed by atoms with E-state index in [0.717, 1.165) is 31.2 Å². The number of aromatic nitrogens is 2. The van der Waals surface area contributed by atoms with Gasteiger partial charge in [-0.3, -0.25) is 9.20 Å². The second kappa shape index (κ2) is 6.95. The monoisotopic (exact) mass is 393 g/mol. The molecule has 5 nitrogen and oxygen atoms in total. The number of piperidine rings is 1. The molecule has 5 rings (SSSR count). The van der Waals surface area contributed by atoms with Gasteiger partial charge in [-0.05, 0) is 37.0 Å². The molecule has 2 fully saturated rings. The second-order valence-electron chi connectivity index (χ2n) is 8.19. The molecule has 150 valence electrons. The SMILES string of the molecule is O=C(c1ncc2c(F)cccn12)N1CC[C@@](O)(c2ccccc2)[C@@H]2CCCCC21. The maximum atomic E-state index is 14.0. The summed E-state index contributed by atoms with van der Waals surface area (Å²) in [6, 6.07) is 12.7. The first-order valence-electron chi connectivity index (χ1n) is 10.3. The van der Waals surface area contributed by atoms with Gasteiger partial charge in [0.1, 0.15) is 11.3 Å². The van der Waals surface area contributed by atoms with Crippen molar-refractivity contribution in [1.82, 2.24) is 14.3 Å². The molecule has 2 aromatic heterocycles. The molecule has 1 N–H and O–H groups in total. The molecule has 29 heavy (non-hydrogen) atoms. The third-order valence-electron chi connectivity index (χ3n) is 6.72. The van der Waals surface area contributed by atoms with Crippen LogP contribution in [0.1, 0.15) is 48.3 Å². The zero-order valence-corrected chi connectivity index (χ0v) is 16.2. The predicted octanol–water partition coefficient (Wildman–Crippen LogP) is 3.77. The van der Waals surface area contributed by atoms with Crippen LogP contribution < -0.4 is 0 Å². The Bertz CT molecular complexity index is 1050. The Hall–Kier alpha value is -2.73. The normalized spacial score (nSPS) is 27.0. The Morgan fingerprint density at radius 2 is 1.93 bits per heavy atom. The summed E-state index contributed by atoms with van der Waals surface area (Å²) in [6.45, 7) is 0.454. The van der Waals surface area contributed by atoms with Crippen LogP contribution in [-0.4, -0.2) is 37.9 Å². The summed E-state index contributed by atoms with van der Waals surface area (Å²) >= 11 is 0. The van der Waals surface area contributed by atoms with Gasteiger partial charge in [-0.1, -0.05) is 43.2 Å². The highest BCUT2D eigenvalue weighted by atomic mass is 19.1. The highest BCUT2D eigenvalue weighted by Crippen LogP contribution is 2.47. The maximum Gasteiger partial charge on any atom is 0.290 e. The average molecular weight is 393 g/mol. The van der Waals surface area contributed by atoms with E-state index in [4.69, 9.17) is 0 Å². The Balaban J connectivity index is 1.50. The lowest BCUT2D eigenvalue weighted by atomic mass is 9.66. The van der Waals surface area contributed by atoms with Crippen LogP contribution in [0.4, 0.5) is 4.39 Å². The number of rotatable bonds is 2. The minimum absolute atomic E-state index is 0.0145. The van der Waals surface area contributed by atoms with Gasteiger partial charge in [-0.15, -0.1) is 0 Å². The lowest BCUT2D eigenvalue weighted by Crippen LogP contribution is -2.59. The molecule has 0 radical (unpaired) electrons. The number of nitrogens with zero attached hydrogens (tertiary/aromatic N) is 3. The van der Waals surface area contributed by atoms with Crippen LogP contribution in [0.2, 0.25) is 0 Å². The number of aliphatic hydroxyl groups is 1.